The van der Waals surface area contributed by atoms with Crippen LogP contribution in [-0.2, 0) is 9.59 Å². The smallest absolute Gasteiger partial charge is 0.229 e. The molecule has 25 heavy (non-hydrogen) atoms. The standard InChI is InChI=1S/C20H22N2O3/c1-13-7-8-16(9-14(13)2)21-20(24)15-10-19(23)22(12-15)17-5-4-6-18(11-17)25-3/h4-9,11,15H,10,12H2,1-3H3,(H,21,24)/t15-/m1/s1. The Bertz CT molecular complexity index is 816. The van der Waals surface area contributed by atoms with Gasteiger partial charge in [-0.25, -0.2) is 0 Å². The van der Waals surface area contributed by atoms with Gasteiger partial charge in [-0.15, -0.1) is 0 Å². The van der Waals surface area contributed by atoms with E-state index in [0.717, 1.165) is 16.9 Å². The maximum atomic E-state index is 12.5. The molecule has 0 saturated carbocycles. The summed E-state index contributed by atoms with van der Waals surface area (Å²) in [5.74, 6) is 0.157. The molecule has 1 fully saturated rings. The molecule has 0 aromatic heterocycles. The first-order valence-corrected chi connectivity index (χ1v) is 8.30. The first kappa shape index (κ1) is 17.0. The minimum atomic E-state index is -0.361. The second kappa shape index (κ2) is 6.97. The molecule has 3 rings (SSSR count). The van der Waals surface area contributed by atoms with Gasteiger partial charge < -0.3 is 15.0 Å². The Hall–Kier alpha value is -2.82. The summed E-state index contributed by atoms with van der Waals surface area (Å²) in [6.45, 7) is 4.42. The minimum absolute atomic E-state index is 0.0477. The number of benzene rings is 2. The molecule has 0 radical (unpaired) electrons. The summed E-state index contributed by atoms with van der Waals surface area (Å²) < 4.78 is 5.21. The number of ether oxygens (including phenoxy) is 1. The van der Waals surface area contributed by atoms with Crippen LogP contribution < -0.4 is 15.0 Å². The number of hydrogen-bond acceptors (Lipinski definition) is 3. The second-order valence-corrected chi connectivity index (χ2v) is 6.40. The highest BCUT2D eigenvalue weighted by atomic mass is 16.5. The topological polar surface area (TPSA) is 58.6 Å². The largest absolute Gasteiger partial charge is 0.497 e. The highest BCUT2D eigenvalue weighted by molar-refractivity contribution is 6.03. The molecule has 1 aliphatic rings. The van der Waals surface area contributed by atoms with E-state index in [2.05, 4.69) is 5.32 Å². The molecule has 1 atom stereocenters. The molecule has 0 unspecified atom stereocenters. The molecule has 1 saturated heterocycles. The van der Waals surface area contributed by atoms with Crippen LogP contribution in [0.4, 0.5) is 11.4 Å². The fourth-order valence-corrected chi connectivity index (χ4v) is 2.97. The zero-order chi connectivity index (χ0) is 18.0. The Balaban J connectivity index is 1.70. The van der Waals surface area contributed by atoms with Gasteiger partial charge in [-0.2, -0.15) is 0 Å². The predicted octanol–water partition coefficient (Wildman–Crippen LogP) is 3.30. The van der Waals surface area contributed by atoms with Gasteiger partial charge in [0.2, 0.25) is 11.8 Å². The average molecular weight is 338 g/mol. The monoisotopic (exact) mass is 338 g/mol. The van der Waals surface area contributed by atoms with Gasteiger partial charge in [0.15, 0.2) is 0 Å². The molecule has 1 aliphatic heterocycles. The Kier molecular flexibility index (Phi) is 4.74. The SMILES string of the molecule is COc1cccc(N2C[C@H](C(=O)Nc3ccc(C)c(C)c3)CC2=O)c1. The fourth-order valence-electron chi connectivity index (χ4n) is 2.97. The zero-order valence-electron chi connectivity index (χ0n) is 14.7. The lowest BCUT2D eigenvalue weighted by Crippen LogP contribution is -2.28. The van der Waals surface area contributed by atoms with Gasteiger partial charge in [0.05, 0.1) is 13.0 Å². The van der Waals surface area contributed by atoms with E-state index in [9.17, 15) is 9.59 Å². The summed E-state index contributed by atoms with van der Waals surface area (Å²) >= 11 is 0. The van der Waals surface area contributed by atoms with Crippen LogP contribution >= 0.6 is 0 Å². The van der Waals surface area contributed by atoms with Gasteiger partial charge in [0.25, 0.3) is 0 Å². The van der Waals surface area contributed by atoms with Crippen molar-refractivity contribution in [1.82, 2.24) is 0 Å². The van der Waals surface area contributed by atoms with E-state index in [0.29, 0.717) is 12.3 Å². The molecule has 5 heteroatoms. The van der Waals surface area contributed by atoms with Gasteiger partial charge in [-0.05, 0) is 49.2 Å². The van der Waals surface area contributed by atoms with Gasteiger partial charge in [0, 0.05) is 30.4 Å². The predicted molar refractivity (Wildman–Crippen MR) is 98.0 cm³/mol. The first-order chi connectivity index (χ1) is 12.0. The van der Waals surface area contributed by atoms with E-state index >= 15 is 0 Å². The van der Waals surface area contributed by atoms with Crippen LogP contribution in [0, 0.1) is 19.8 Å². The number of anilines is 2. The Labute approximate surface area is 147 Å². The Morgan fingerprint density at radius 1 is 1.16 bits per heavy atom. The third kappa shape index (κ3) is 3.65. The molecule has 0 bridgehead atoms. The number of aryl methyl sites for hydroxylation is 2. The summed E-state index contributed by atoms with van der Waals surface area (Å²) in [7, 11) is 1.59. The van der Waals surface area contributed by atoms with Crippen molar-refractivity contribution >= 4 is 23.2 Å². The molecule has 5 nitrogen and oxygen atoms in total. The van der Waals surface area contributed by atoms with E-state index in [1.165, 1.54) is 5.56 Å². The van der Waals surface area contributed by atoms with Crippen molar-refractivity contribution in [3.8, 4) is 5.75 Å². The van der Waals surface area contributed by atoms with Crippen molar-refractivity contribution in [2.45, 2.75) is 20.3 Å². The van der Waals surface area contributed by atoms with E-state index in [-0.39, 0.29) is 24.2 Å². The molecule has 1 heterocycles. The number of nitrogens with one attached hydrogen (secondary N) is 1. The van der Waals surface area contributed by atoms with Gasteiger partial charge in [0.1, 0.15) is 5.75 Å². The molecular formula is C20H22N2O3. The summed E-state index contributed by atoms with van der Waals surface area (Å²) in [4.78, 5) is 26.5. The third-order valence-corrected chi connectivity index (χ3v) is 4.64. The summed E-state index contributed by atoms with van der Waals surface area (Å²) in [5, 5.41) is 2.92. The van der Waals surface area contributed by atoms with Crippen LogP contribution in [0.25, 0.3) is 0 Å². The minimum Gasteiger partial charge on any atom is -0.497 e. The third-order valence-electron chi connectivity index (χ3n) is 4.64. The number of nitrogens with zero attached hydrogens (tertiary/aromatic N) is 1. The molecule has 2 amide bonds. The maximum Gasteiger partial charge on any atom is 0.229 e. The van der Waals surface area contributed by atoms with E-state index in [1.807, 2.05) is 56.3 Å². The maximum absolute atomic E-state index is 12.5. The molecule has 2 aromatic carbocycles. The number of carbonyl (C=O) groups is 2. The van der Waals surface area contributed by atoms with Gasteiger partial charge >= 0.3 is 0 Å². The molecule has 0 aliphatic carbocycles. The number of hydrogen-bond donors (Lipinski definition) is 1. The molecular weight excluding hydrogens is 316 g/mol. The lowest BCUT2D eigenvalue weighted by molar-refractivity contribution is -0.122. The molecule has 1 N–H and O–H groups in total. The van der Waals surface area contributed by atoms with Crippen molar-refractivity contribution in [3.05, 3.63) is 53.6 Å². The quantitative estimate of drug-likeness (QED) is 0.930. The summed E-state index contributed by atoms with van der Waals surface area (Å²) in [6, 6.07) is 13.1. The van der Waals surface area contributed by atoms with Gasteiger partial charge in [-0.3, -0.25) is 9.59 Å². The highest BCUT2D eigenvalue weighted by Gasteiger charge is 2.35. The van der Waals surface area contributed by atoms with E-state index in [1.54, 1.807) is 12.0 Å². The van der Waals surface area contributed by atoms with Crippen LogP contribution in [0.1, 0.15) is 17.5 Å². The Morgan fingerprint density at radius 2 is 1.96 bits per heavy atom. The van der Waals surface area contributed by atoms with Crippen LogP contribution in [-0.4, -0.2) is 25.5 Å². The first-order valence-electron chi connectivity index (χ1n) is 8.30. The van der Waals surface area contributed by atoms with Crippen LogP contribution in [0.15, 0.2) is 42.5 Å². The normalized spacial score (nSPS) is 16.8. The lowest BCUT2D eigenvalue weighted by Gasteiger charge is -2.17. The fraction of sp³-hybridized carbons (Fsp3) is 0.300. The Morgan fingerprint density at radius 3 is 2.68 bits per heavy atom. The molecule has 130 valence electrons. The van der Waals surface area contributed by atoms with Gasteiger partial charge in [-0.1, -0.05) is 12.1 Å². The summed E-state index contributed by atoms with van der Waals surface area (Å²) in [5.41, 5.74) is 3.82. The van der Waals surface area contributed by atoms with Crippen molar-refractivity contribution in [1.29, 1.82) is 0 Å². The zero-order valence-corrected chi connectivity index (χ0v) is 14.7. The number of methoxy groups -OCH3 is 1. The summed E-state index contributed by atoms with van der Waals surface area (Å²) in [6.07, 6.45) is 0.216. The van der Waals surface area contributed by atoms with E-state index in [4.69, 9.17) is 4.74 Å². The van der Waals surface area contributed by atoms with Crippen LogP contribution in [0.3, 0.4) is 0 Å². The van der Waals surface area contributed by atoms with Crippen molar-refractivity contribution in [2.24, 2.45) is 5.92 Å². The highest BCUT2D eigenvalue weighted by Crippen LogP contribution is 2.28. The molecule has 0 spiro atoms. The average Bonchev–Trinajstić information content (AvgIpc) is 3.00. The van der Waals surface area contributed by atoms with Crippen LogP contribution in [0.5, 0.6) is 5.75 Å². The number of rotatable bonds is 4. The van der Waals surface area contributed by atoms with Crippen molar-refractivity contribution in [2.75, 3.05) is 23.9 Å². The van der Waals surface area contributed by atoms with Crippen LogP contribution in [0.2, 0.25) is 0 Å². The van der Waals surface area contributed by atoms with E-state index < -0.39 is 0 Å². The second-order valence-electron chi connectivity index (χ2n) is 6.40. The molecule has 2 aromatic rings. The van der Waals surface area contributed by atoms with Crippen molar-refractivity contribution < 1.29 is 14.3 Å². The lowest BCUT2D eigenvalue weighted by atomic mass is 10.1. The number of carbonyl (C=O) groups excluding carboxylic acids is 2. The van der Waals surface area contributed by atoms with Crippen molar-refractivity contribution in [3.63, 3.8) is 0 Å². The number of amides is 2.